The van der Waals surface area contributed by atoms with E-state index >= 15 is 0 Å². The SMILES string of the molecule is COCc1cc(Oc2ccc(Cl)cc2)nc(SCc2ccc(Cl)cc2)n1. The summed E-state index contributed by atoms with van der Waals surface area (Å²) in [6.45, 7) is 0.383. The molecule has 3 rings (SSSR count). The van der Waals surface area contributed by atoms with Crippen molar-refractivity contribution in [3.05, 3.63) is 75.9 Å². The molecule has 0 fully saturated rings. The van der Waals surface area contributed by atoms with E-state index in [0.717, 1.165) is 22.0 Å². The minimum Gasteiger partial charge on any atom is -0.439 e. The molecular weight excluding hydrogens is 391 g/mol. The maximum Gasteiger partial charge on any atom is 0.223 e. The number of hydrogen-bond acceptors (Lipinski definition) is 5. The monoisotopic (exact) mass is 406 g/mol. The van der Waals surface area contributed by atoms with E-state index < -0.39 is 0 Å². The number of benzene rings is 2. The highest BCUT2D eigenvalue weighted by Gasteiger charge is 2.08. The fourth-order valence-electron chi connectivity index (χ4n) is 2.14. The van der Waals surface area contributed by atoms with Crippen LogP contribution in [0.15, 0.2) is 59.8 Å². The van der Waals surface area contributed by atoms with Gasteiger partial charge in [-0.05, 0) is 42.0 Å². The van der Waals surface area contributed by atoms with Crippen molar-refractivity contribution in [1.82, 2.24) is 9.97 Å². The van der Waals surface area contributed by atoms with E-state index in [1.807, 2.05) is 24.3 Å². The first-order chi connectivity index (χ1) is 12.6. The highest BCUT2D eigenvalue weighted by atomic mass is 35.5. The van der Waals surface area contributed by atoms with Crippen molar-refractivity contribution in [2.75, 3.05) is 7.11 Å². The average molecular weight is 407 g/mol. The van der Waals surface area contributed by atoms with Crippen LogP contribution in [-0.2, 0) is 17.1 Å². The summed E-state index contributed by atoms with van der Waals surface area (Å²) in [6.07, 6.45) is 0. The van der Waals surface area contributed by atoms with E-state index in [1.165, 1.54) is 11.8 Å². The summed E-state index contributed by atoms with van der Waals surface area (Å²) in [6, 6.07) is 16.6. The van der Waals surface area contributed by atoms with Crippen molar-refractivity contribution in [2.45, 2.75) is 17.5 Å². The number of thioether (sulfide) groups is 1. The van der Waals surface area contributed by atoms with Gasteiger partial charge in [-0.15, -0.1) is 0 Å². The number of methoxy groups -OCH3 is 1. The van der Waals surface area contributed by atoms with E-state index in [1.54, 1.807) is 37.4 Å². The van der Waals surface area contributed by atoms with Gasteiger partial charge in [-0.1, -0.05) is 47.1 Å². The van der Waals surface area contributed by atoms with Crippen LogP contribution in [-0.4, -0.2) is 17.1 Å². The van der Waals surface area contributed by atoms with Gasteiger partial charge in [0.05, 0.1) is 12.3 Å². The van der Waals surface area contributed by atoms with Crippen LogP contribution < -0.4 is 4.74 Å². The molecule has 1 heterocycles. The van der Waals surface area contributed by atoms with Crippen LogP contribution in [0.3, 0.4) is 0 Å². The van der Waals surface area contributed by atoms with Gasteiger partial charge >= 0.3 is 0 Å². The van der Waals surface area contributed by atoms with Crippen LogP contribution in [0.2, 0.25) is 10.0 Å². The molecule has 2 aromatic carbocycles. The molecule has 26 heavy (non-hydrogen) atoms. The first-order valence-corrected chi connectivity index (χ1v) is 9.54. The van der Waals surface area contributed by atoms with Gasteiger partial charge in [0.25, 0.3) is 0 Å². The molecule has 0 aliphatic rings. The van der Waals surface area contributed by atoms with Crippen LogP contribution >= 0.6 is 35.0 Å². The Labute approximate surface area is 166 Å². The molecule has 0 saturated carbocycles. The number of halogens is 2. The van der Waals surface area contributed by atoms with Crippen LogP contribution in [0.1, 0.15) is 11.3 Å². The van der Waals surface area contributed by atoms with Gasteiger partial charge in [0.2, 0.25) is 5.88 Å². The van der Waals surface area contributed by atoms with Crippen LogP contribution in [0.5, 0.6) is 11.6 Å². The van der Waals surface area contributed by atoms with Gasteiger partial charge in [0.15, 0.2) is 5.16 Å². The fourth-order valence-corrected chi connectivity index (χ4v) is 3.22. The zero-order chi connectivity index (χ0) is 18.4. The summed E-state index contributed by atoms with van der Waals surface area (Å²) in [4.78, 5) is 8.99. The maximum absolute atomic E-state index is 5.92. The molecule has 7 heteroatoms. The smallest absolute Gasteiger partial charge is 0.223 e. The number of rotatable bonds is 7. The van der Waals surface area contributed by atoms with Crippen molar-refractivity contribution in [1.29, 1.82) is 0 Å². The summed E-state index contributed by atoms with van der Waals surface area (Å²) in [5.41, 5.74) is 1.89. The van der Waals surface area contributed by atoms with Gasteiger partial charge in [-0.3, -0.25) is 0 Å². The van der Waals surface area contributed by atoms with Crippen LogP contribution in [0.4, 0.5) is 0 Å². The average Bonchev–Trinajstić information content (AvgIpc) is 2.63. The highest BCUT2D eigenvalue weighted by Crippen LogP contribution is 2.26. The number of hydrogen-bond donors (Lipinski definition) is 0. The Morgan fingerprint density at radius 1 is 0.923 bits per heavy atom. The van der Waals surface area contributed by atoms with Gasteiger partial charge in [-0.25, -0.2) is 4.98 Å². The molecule has 0 saturated heterocycles. The molecule has 0 unspecified atom stereocenters. The van der Waals surface area contributed by atoms with Gasteiger partial charge in [0.1, 0.15) is 5.75 Å². The lowest BCUT2D eigenvalue weighted by molar-refractivity contribution is 0.180. The predicted molar refractivity (Wildman–Crippen MR) is 105 cm³/mol. The lowest BCUT2D eigenvalue weighted by atomic mass is 10.2. The Balaban J connectivity index is 1.76. The molecule has 0 aliphatic heterocycles. The molecular formula is C19H16Cl2N2O2S. The zero-order valence-electron chi connectivity index (χ0n) is 14.0. The summed E-state index contributed by atoms with van der Waals surface area (Å²) in [5, 5.41) is 1.99. The summed E-state index contributed by atoms with van der Waals surface area (Å²) < 4.78 is 11.0. The van der Waals surface area contributed by atoms with Crippen molar-refractivity contribution < 1.29 is 9.47 Å². The molecule has 3 aromatic rings. The van der Waals surface area contributed by atoms with Crippen molar-refractivity contribution in [2.24, 2.45) is 0 Å². The van der Waals surface area contributed by atoms with E-state index in [0.29, 0.717) is 28.4 Å². The summed E-state index contributed by atoms with van der Waals surface area (Å²) >= 11 is 13.4. The Hall–Kier alpha value is -1.79. The van der Waals surface area contributed by atoms with Crippen molar-refractivity contribution in [3.63, 3.8) is 0 Å². The fraction of sp³-hybridized carbons (Fsp3) is 0.158. The molecule has 0 bridgehead atoms. The second-order valence-electron chi connectivity index (χ2n) is 5.38. The van der Waals surface area contributed by atoms with E-state index in [2.05, 4.69) is 9.97 Å². The first-order valence-electron chi connectivity index (χ1n) is 7.80. The number of nitrogens with zero attached hydrogens (tertiary/aromatic N) is 2. The van der Waals surface area contributed by atoms with Gasteiger partial charge < -0.3 is 9.47 Å². The van der Waals surface area contributed by atoms with Crippen molar-refractivity contribution >= 4 is 35.0 Å². The topological polar surface area (TPSA) is 44.2 Å². The molecule has 0 N–H and O–H groups in total. The molecule has 0 spiro atoms. The Morgan fingerprint density at radius 3 is 2.23 bits per heavy atom. The van der Waals surface area contributed by atoms with Gasteiger partial charge in [0, 0.05) is 29.0 Å². The molecule has 0 aliphatic carbocycles. The maximum atomic E-state index is 5.92. The van der Waals surface area contributed by atoms with E-state index in [-0.39, 0.29) is 0 Å². The Morgan fingerprint density at radius 2 is 1.58 bits per heavy atom. The predicted octanol–water partition coefficient (Wildman–Crippen LogP) is 6.01. The zero-order valence-corrected chi connectivity index (χ0v) is 16.3. The highest BCUT2D eigenvalue weighted by molar-refractivity contribution is 7.98. The van der Waals surface area contributed by atoms with Crippen molar-refractivity contribution in [3.8, 4) is 11.6 Å². The largest absolute Gasteiger partial charge is 0.439 e. The minimum absolute atomic E-state index is 0.383. The third kappa shape index (κ3) is 5.61. The Bertz CT molecular complexity index is 858. The quantitative estimate of drug-likeness (QED) is 0.354. The standard InChI is InChI=1S/C19H16Cl2N2O2S/c1-24-11-16-10-18(25-17-8-6-15(21)7-9-17)23-19(22-16)26-12-13-2-4-14(20)5-3-13/h2-10H,11-12H2,1H3. The van der Waals surface area contributed by atoms with Crippen LogP contribution in [0.25, 0.3) is 0 Å². The lowest BCUT2D eigenvalue weighted by Crippen LogP contribution is -1.99. The molecule has 0 radical (unpaired) electrons. The minimum atomic E-state index is 0.383. The van der Waals surface area contributed by atoms with E-state index in [9.17, 15) is 0 Å². The second-order valence-corrected chi connectivity index (χ2v) is 7.20. The molecule has 0 atom stereocenters. The second kappa shape index (κ2) is 9.24. The molecule has 1 aromatic heterocycles. The summed E-state index contributed by atoms with van der Waals surface area (Å²) in [7, 11) is 1.63. The first kappa shape index (κ1) is 19.0. The Kier molecular flexibility index (Phi) is 6.74. The molecule has 4 nitrogen and oxygen atoms in total. The third-order valence-corrected chi connectivity index (χ3v) is 4.77. The van der Waals surface area contributed by atoms with Gasteiger partial charge in [-0.2, -0.15) is 4.98 Å². The van der Waals surface area contributed by atoms with Crippen LogP contribution in [0, 0.1) is 0 Å². The third-order valence-electron chi connectivity index (χ3n) is 3.34. The number of ether oxygens (including phenoxy) is 2. The van der Waals surface area contributed by atoms with E-state index in [4.69, 9.17) is 32.7 Å². The molecule has 0 amide bonds. The normalized spacial score (nSPS) is 10.7. The number of aromatic nitrogens is 2. The molecule has 134 valence electrons. The summed E-state index contributed by atoms with van der Waals surface area (Å²) in [5.74, 6) is 1.85. The lowest BCUT2D eigenvalue weighted by Gasteiger charge is -2.09.